The lowest BCUT2D eigenvalue weighted by Crippen LogP contribution is -2.26. The molecular formula is C6H11NS. The minimum atomic E-state index is 0.343. The van der Waals surface area contributed by atoms with Gasteiger partial charge in [0.15, 0.2) is 0 Å². The smallest absolute Gasteiger partial charge is 0.0272 e. The van der Waals surface area contributed by atoms with E-state index in [1.54, 1.807) is 0 Å². The van der Waals surface area contributed by atoms with Crippen LogP contribution in [-0.2, 0) is 0 Å². The molecule has 2 atom stereocenters. The topological polar surface area (TPSA) is 26.0 Å². The molecule has 0 aromatic rings. The number of hydrogen-bond donors (Lipinski definition) is 1. The van der Waals surface area contributed by atoms with Gasteiger partial charge in [0, 0.05) is 11.3 Å². The second kappa shape index (κ2) is 2.55. The minimum Gasteiger partial charge on any atom is -0.327 e. The highest BCUT2D eigenvalue weighted by Gasteiger charge is 2.14. The molecule has 1 heterocycles. The van der Waals surface area contributed by atoms with Crippen molar-refractivity contribution in [3.63, 3.8) is 0 Å². The summed E-state index contributed by atoms with van der Waals surface area (Å²) in [6.07, 6.45) is 3.33. The van der Waals surface area contributed by atoms with Crippen molar-refractivity contribution in [1.29, 1.82) is 0 Å². The Morgan fingerprint density at radius 2 is 2.62 bits per heavy atom. The maximum Gasteiger partial charge on any atom is 0.0272 e. The van der Waals surface area contributed by atoms with Crippen LogP contribution in [0, 0.1) is 0 Å². The van der Waals surface area contributed by atoms with Crippen molar-refractivity contribution in [3.05, 3.63) is 11.5 Å². The molecule has 0 spiro atoms. The normalized spacial score (nSPS) is 31.0. The molecule has 46 valence electrons. The molecule has 0 aromatic heterocycles. The Balaban J connectivity index is 2.29. The fourth-order valence-corrected chi connectivity index (χ4v) is 1.63. The average Bonchev–Trinajstić information content (AvgIpc) is 2.12. The van der Waals surface area contributed by atoms with Gasteiger partial charge in [0.05, 0.1) is 0 Å². The Hall–Kier alpha value is 0.0500. The molecule has 0 aliphatic carbocycles. The van der Waals surface area contributed by atoms with Gasteiger partial charge in [-0.3, -0.25) is 0 Å². The van der Waals surface area contributed by atoms with Crippen molar-refractivity contribution in [2.24, 2.45) is 5.73 Å². The molecule has 0 bridgehead atoms. The van der Waals surface area contributed by atoms with E-state index in [0.717, 1.165) is 6.42 Å². The lowest BCUT2D eigenvalue weighted by molar-refractivity contribution is 0.701. The Bertz CT molecular complexity index is 90.7. The van der Waals surface area contributed by atoms with Gasteiger partial charge in [-0.05, 0) is 18.8 Å². The van der Waals surface area contributed by atoms with E-state index in [2.05, 4.69) is 18.4 Å². The van der Waals surface area contributed by atoms with Gasteiger partial charge < -0.3 is 5.73 Å². The van der Waals surface area contributed by atoms with E-state index in [4.69, 9.17) is 5.73 Å². The van der Waals surface area contributed by atoms with E-state index in [-0.39, 0.29) is 0 Å². The van der Waals surface area contributed by atoms with Crippen LogP contribution in [0.4, 0.5) is 0 Å². The van der Waals surface area contributed by atoms with Crippen molar-refractivity contribution < 1.29 is 0 Å². The lowest BCUT2D eigenvalue weighted by atomic mass is 10.2. The van der Waals surface area contributed by atoms with Crippen molar-refractivity contribution >= 4 is 11.8 Å². The largest absolute Gasteiger partial charge is 0.327 e. The average molecular weight is 129 g/mol. The van der Waals surface area contributed by atoms with Gasteiger partial charge in [-0.25, -0.2) is 0 Å². The molecule has 0 saturated carbocycles. The summed E-state index contributed by atoms with van der Waals surface area (Å²) in [6, 6.07) is 0.343. The third-order valence-electron chi connectivity index (χ3n) is 1.30. The molecule has 1 aliphatic rings. The maximum absolute atomic E-state index is 5.64. The zero-order chi connectivity index (χ0) is 5.98. The second-order valence-electron chi connectivity index (χ2n) is 2.14. The molecule has 1 rings (SSSR count). The Morgan fingerprint density at radius 1 is 1.88 bits per heavy atom. The lowest BCUT2D eigenvalue weighted by Gasteiger charge is -2.10. The molecule has 1 nitrogen and oxygen atoms in total. The Kier molecular flexibility index (Phi) is 1.97. The number of allylic oxidation sites excluding steroid dienone is 1. The predicted molar refractivity (Wildman–Crippen MR) is 38.8 cm³/mol. The highest BCUT2D eigenvalue weighted by molar-refractivity contribution is 8.03. The van der Waals surface area contributed by atoms with Crippen LogP contribution in [0.5, 0.6) is 0 Å². The summed E-state index contributed by atoms with van der Waals surface area (Å²) in [5.41, 5.74) is 5.64. The van der Waals surface area contributed by atoms with Crippen LogP contribution in [-0.4, -0.2) is 11.3 Å². The zero-order valence-electron chi connectivity index (χ0n) is 5.00. The zero-order valence-corrected chi connectivity index (χ0v) is 5.82. The van der Waals surface area contributed by atoms with E-state index < -0.39 is 0 Å². The van der Waals surface area contributed by atoms with Crippen LogP contribution >= 0.6 is 11.8 Å². The Labute approximate surface area is 54.3 Å². The van der Waals surface area contributed by atoms with Gasteiger partial charge in [0.25, 0.3) is 0 Å². The van der Waals surface area contributed by atoms with Crippen LogP contribution in [0.15, 0.2) is 11.5 Å². The summed E-state index contributed by atoms with van der Waals surface area (Å²) in [7, 11) is 0. The van der Waals surface area contributed by atoms with E-state index in [0.29, 0.717) is 11.3 Å². The number of nitrogens with two attached hydrogens (primary N) is 1. The van der Waals surface area contributed by atoms with Crippen molar-refractivity contribution in [3.8, 4) is 0 Å². The predicted octanol–water partition coefficient (Wildman–Crippen LogP) is 1.35. The molecule has 0 fully saturated rings. The van der Waals surface area contributed by atoms with Gasteiger partial charge in [0.2, 0.25) is 0 Å². The summed E-state index contributed by atoms with van der Waals surface area (Å²) < 4.78 is 0. The summed E-state index contributed by atoms with van der Waals surface area (Å²) in [5, 5.41) is 2.78. The van der Waals surface area contributed by atoms with Gasteiger partial charge >= 0.3 is 0 Å². The molecule has 2 heteroatoms. The molecule has 0 saturated heterocycles. The quantitative estimate of drug-likeness (QED) is 0.578. The van der Waals surface area contributed by atoms with Gasteiger partial charge in [-0.15, -0.1) is 11.8 Å². The van der Waals surface area contributed by atoms with Crippen molar-refractivity contribution in [1.82, 2.24) is 0 Å². The summed E-state index contributed by atoms with van der Waals surface area (Å²) in [6.45, 7) is 2.06. The van der Waals surface area contributed by atoms with Crippen LogP contribution in [0.25, 0.3) is 0 Å². The molecule has 1 aliphatic heterocycles. The third kappa shape index (κ3) is 1.26. The van der Waals surface area contributed by atoms with Gasteiger partial charge in [-0.1, -0.05) is 6.08 Å². The highest BCUT2D eigenvalue weighted by Crippen LogP contribution is 2.25. The fourth-order valence-electron chi connectivity index (χ4n) is 0.740. The number of thioether (sulfide) groups is 1. The first-order chi connectivity index (χ1) is 3.80. The molecule has 0 amide bonds. The van der Waals surface area contributed by atoms with Crippen LogP contribution in [0.2, 0.25) is 0 Å². The molecule has 2 unspecified atom stereocenters. The van der Waals surface area contributed by atoms with Gasteiger partial charge in [-0.2, -0.15) is 0 Å². The van der Waals surface area contributed by atoms with Crippen LogP contribution in [0.3, 0.4) is 0 Å². The molecule has 8 heavy (non-hydrogen) atoms. The Morgan fingerprint density at radius 3 is 2.88 bits per heavy atom. The van der Waals surface area contributed by atoms with E-state index in [9.17, 15) is 0 Å². The summed E-state index contributed by atoms with van der Waals surface area (Å²) in [4.78, 5) is 0. The summed E-state index contributed by atoms with van der Waals surface area (Å²) >= 11 is 1.84. The standard InChI is InChI=1S/C6H11NS/c1-5(7)6-3-2-4-8-6/h2,4-6H,3,7H2,1H3. The monoisotopic (exact) mass is 129 g/mol. The minimum absolute atomic E-state index is 0.343. The number of rotatable bonds is 1. The first-order valence-electron chi connectivity index (χ1n) is 2.87. The first kappa shape index (κ1) is 6.17. The molecular weight excluding hydrogens is 118 g/mol. The van der Waals surface area contributed by atoms with Gasteiger partial charge in [0.1, 0.15) is 0 Å². The molecule has 2 N–H and O–H groups in total. The summed E-state index contributed by atoms with van der Waals surface area (Å²) in [5.74, 6) is 0. The fraction of sp³-hybridized carbons (Fsp3) is 0.667. The molecule has 0 aromatic carbocycles. The maximum atomic E-state index is 5.64. The first-order valence-corrected chi connectivity index (χ1v) is 3.81. The van der Waals surface area contributed by atoms with Crippen LogP contribution < -0.4 is 5.73 Å². The highest BCUT2D eigenvalue weighted by atomic mass is 32.2. The molecule has 0 radical (unpaired) electrons. The van der Waals surface area contributed by atoms with E-state index >= 15 is 0 Å². The number of hydrogen-bond acceptors (Lipinski definition) is 2. The van der Waals surface area contributed by atoms with Crippen molar-refractivity contribution in [2.75, 3.05) is 0 Å². The van der Waals surface area contributed by atoms with Crippen molar-refractivity contribution in [2.45, 2.75) is 24.6 Å². The van der Waals surface area contributed by atoms with E-state index in [1.807, 2.05) is 11.8 Å². The second-order valence-corrected chi connectivity index (χ2v) is 3.29. The van der Waals surface area contributed by atoms with E-state index in [1.165, 1.54) is 0 Å². The van der Waals surface area contributed by atoms with Crippen LogP contribution in [0.1, 0.15) is 13.3 Å². The third-order valence-corrected chi connectivity index (χ3v) is 2.63. The SMILES string of the molecule is CC(N)C1CC=CS1.